The Morgan fingerprint density at radius 2 is 1.89 bits per heavy atom. The third-order valence-electron chi connectivity index (χ3n) is 4.35. The first kappa shape index (κ1) is 22.2. The van der Waals surface area contributed by atoms with E-state index in [1.165, 1.54) is 0 Å². The number of ether oxygens (including phenoxy) is 3. The van der Waals surface area contributed by atoms with Gasteiger partial charge in [0.2, 0.25) is 0 Å². The average molecular weight is 399 g/mol. The van der Waals surface area contributed by atoms with Crippen molar-refractivity contribution in [2.45, 2.75) is 52.6 Å². The Labute approximate surface area is 164 Å². The van der Waals surface area contributed by atoms with Crippen molar-refractivity contribution in [1.82, 2.24) is 0 Å². The van der Waals surface area contributed by atoms with Crippen LogP contribution in [0.25, 0.3) is 0 Å². The van der Waals surface area contributed by atoms with Gasteiger partial charge in [0, 0.05) is 19.4 Å². The van der Waals surface area contributed by atoms with Gasteiger partial charge in [0.15, 0.2) is 9.84 Å². The molecule has 1 fully saturated rings. The summed E-state index contributed by atoms with van der Waals surface area (Å²) in [4.78, 5) is 0. The molecule has 0 amide bonds. The third kappa shape index (κ3) is 9.58. The highest BCUT2D eigenvalue weighted by Crippen LogP contribution is 2.20. The maximum Gasteiger partial charge on any atom is 0.150 e. The number of benzene rings is 1. The van der Waals surface area contributed by atoms with E-state index in [2.05, 4.69) is 20.8 Å². The lowest BCUT2D eigenvalue weighted by Gasteiger charge is -2.23. The molecule has 0 radical (unpaired) electrons. The van der Waals surface area contributed by atoms with Gasteiger partial charge >= 0.3 is 0 Å². The standard InChI is InChI=1S/C21H34O5S/c1-21(2,3)17-25-11-5-14-27(22,23)15-10-18-6-4-7-20(16-18)26-19-8-12-24-13-9-19/h4,6-7,16,19H,5,8-15,17H2,1-3H3. The van der Waals surface area contributed by atoms with Crippen molar-refractivity contribution in [2.75, 3.05) is 37.9 Å². The molecule has 154 valence electrons. The number of aryl methyl sites for hydroxylation is 1. The molecule has 0 unspecified atom stereocenters. The minimum atomic E-state index is -3.07. The van der Waals surface area contributed by atoms with Gasteiger partial charge in [0.05, 0.1) is 31.3 Å². The van der Waals surface area contributed by atoms with Crippen LogP contribution in [-0.4, -0.2) is 52.5 Å². The lowest BCUT2D eigenvalue weighted by atomic mass is 9.99. The number of sulfone groups is 1. The molecule has 5 nitrogen and oxygen atoms in total. The largest absolute Gasteiger partial charge is 0.490 e. The summed E-state index contributed by atoms with van der Waals surface area (Å²) in [5.74, 6) is 1.15. The van der Waals surface area contributed by atoms with Crippen LogP contribution < -0.4 is 4.74 Å². The van der Waals surface area contributed by atoms with Crippen LogP contribution in [0.2, 0.25) is 0 Å². The smallest absolute Gasteiger partial charge is 0.150 e. The van der Waals surface area contributed by atoms with Crippen LogP contribution in [0.5, 0.6) is 5.75 Å². The summed E-state index contributed by atoms with van der Waals surface area (Å²) in [5.41, 5.74) is 1.10. The number of hydrogen-bond donors (Lipinski definition) is 0. The normalized spacial score (nSPS) is 16.4. The molecule has 0 spiro atoms. The average Bonchev–Trinajstić information content (AvgIpc) is 2.60. The summed E-state index contributed by atoms with van der Waals surface area (Å²) in [6, 6.07) is 7.77. The molecule has 0 bridgehead atoms. The van der Waals surface area contributed by atoms with Gasteiger partial charge in [-0.05, 0) is 36.0 Å². The Hall–Kier alpha value is -1.11. The van der Waals surface area contributed by atoms with Crippen LogP contribution in [0.4, 0.5) is 0 Å². The predicted molar refractivity (Wildman–Crippen MR) is 108 cm³/mol. The zero-order valence-electron chi connectivity index (χ0n) is 16.9. The van der Waals surface area contributed by atoms with Crippen LogP contribution >= 0.6 is 0 Å². The molecule has 0 saturated carbocycles. The molecule has 2 rings (SSSR count). The van der Waals surface area contributed by atoms with E-state index < -0.39 is 9.84 Å². The van der Waals surface area contributed by atoms with Gasteiger partial charge in [-0.15, -0.1) is 0 Å². The van der Waals surface area contributed by atoms with Crippen molar-refractivity contribution < 1.29 is 22.6 Å². The summed E-state index contributed by atoms with van der Waals surface area (Å²) in [6.45, 7) is 8.92. The van der Waals surface area contributed by atoms with Crippen molar-refractivity contribution in [3.63, 3.8) is 0 Å². The van der Waals surface area contributed by atoms with Crippen LogP contribution in [0, 0.1) is 5.41 Å². The van der Waals surface area contributed by atoms with Crippen LogP contribution in [0.3, 0.4) is 0 Å². The van der Waals surface area contributed by atoms with E-state index in [4.69, 9.17) is 14.2 Å². The molecule has 0 atom stereocenters. The molecule has 1 aliphatic rings. The van der Waals surface area contributed by atoms with E-state index in [1.54, 1.807) is 0 Å². The maximum atomic E-state index is 12.3. The minimum Gasteiger partial charge on any atom is -0.490 e. The van der Waals surface area contributed by atoms with Crippen molar-refractivity contribution in [3.8, 4) is 5.75 Å². The molecular weight excluding hydrogens is 364 g/mol. The Morgan fingerprint density at radius 1 is 1.15 bits per heavy atom. The first-order chi connectivity index (χ1) is 12.7. The first-order valence-electron chi connectivity index (χ1n) is 9.85. The number of rotatable bonds is 10. The predicted octanol–water partition coefficient (Wildman–Crippen LogP) is 3.65. The topological polar surface area (TPSA) is 61.8 Å². The molecule has 1 saturated heterocycles. The summed E-state index contributed by atoms with van der Waals surface area (Å²) in [5, 5.41) is 0. The summed E-state index contributed by atoms with van der Waals surface area (Å²) in [7, 11) is -3.07. The van der Waals surface area contributed by atoms with E-state index in [1.807, 2.05) is 24.3 Å². The zero-order chi connectivity index (χ0) is 19.8. The Bertz CT molecular complexity index is 657. The molecule has 1 aromatic carbocycles. The molecule has 6 heteroatoms. The highest BCUT2D eigenvalue weighted by atomic mass is 32.2. The van der Waals surface area contributed by atoms with Crippen LogP contribution in [0.15, 0.2) is 24.3 Å². The van der Waals surface area contributed by atoms with E-state index in [-0.39, 0.29) is 23.0 Å². The third-order valence-corrected chi connectivity index (χ3v) is 6.09. The second-order valence-electron chi connectivity index (χ2n) is 8.45. The van der Waals surface area contributed by atoms with Gasteiger partial charge in [-0.3, -0.25) is 0 Å². The minimum absolute atomic E-state index is 0.108. The summed E-state index contributed by atoms with van der Waals surface area (Å²) < 4.78 is 41.4. The van der Waals surface area contributed by atoms with E-state index in [9.17, 15) is 8.42 Å². The Balaban J connectivity index is 1.73. The quantitative estimate of drug-likeness (QED) is 0.563. The molecule has 27 heavy (non-hydrogen) atoms. The van der Waals surface area contributed by atoms with Crippen molar-refractivity contribution >= 4 is 9.84 Å². The van der Waals surface area contributed by atoms with Gasteiger partial charge in [-0.2, -0.15) is 0 Å². The summed E-state index contributed by atoms with van der Waals surface area (Å²) in [6.07, 6.45) is 3.04. The van der Waals surface area contributed by atoms with Gasteiger partial charge < -0.3 is 14.2 Å². The van der Waals surface area contributed by atoms with Crippen LogP contribution in [0.1, 0.15) is 45.6 Å². The van der Waals surface area contributed by atoms with Crippen molar-refractivity contribution in [3.05, 3.63) is 29.8 Å². The first-order valence-corrected chi connectivity index (χ1v) is 11.7. The van der Waals surface area contributed by atoms with Gasteiger partial charge in [-0.25, -0.2) is 8.42 Å². The fourth-order valence-electron chi connectivity index (χ4n) is 2.90. The molecule has 1 aliphatic heterocycles. The SMILES string of the molecule is CC(C)(C)COCCCS(=O)(=O)CCc1cccc(OC2CCOCC2)c1. The molecule has 1 aromatic rings. The van der Waals surface area contributed by atoms with Crippen molar-refractivity contribution in [1.29, 1.82) is 0 Å². The lowest BCUT2D eigenvalue weighted by molar-refractivity contribution is 0.0255. The van der Waals surface area contributed by atoms with Gasteiger partial charge in [-0.1, -0.05) is 32.9 Å². The zero-order valence-corrected chi connectivity index (χ0v) is 17.7. The molecule has 0 aliphatic carbocycles. The fourth-order valence-corrected chi connectivity index (χ4v) is 4.20. The van der Waals surface area contributed by atoms with E-state index in [0.29, 0.717) is 26.1 Å². The Kier molecular flexibility index (Phi) is 8.58. The second kappa shape index (κ2) is 10.4. The molecular formula is C21H34O5S. The van der Waals surface area contributed by atoms with E-state index >= 15 is 0 Å². The number of hydrogen-bond acceptors (Lipinski definition) is 5. The lowest BCUT2D eigenvalue weighted by Crippen LogP contribution is -2.25. The summed E-state index contributed by atoms with van der Waals surface area (Å²) >= 11 is 0. The molecule has 0 aromatic heterocycles. The highest BCUT2D eigenvalue weighted by Gasteiger charge is 2.16. The maximum absolute atomic E-state index is 12.3. The molecule has 0 N–H and O–H groups in total. The fraction of sp³-hybridized carbons (Fsp3) is 0.714. The van der Waals surface area contributed by atoms with Crippen LogP contribution in [-0.2, 0) is 25.7 Å². The van der Waals surface area contributed by atoms with Gasteiger partial charge in [0.25, 0.3) is 0 Å². The van der Waals surface area contributed by atoms with E-state index in [0.717, 1.165) is 37.4 Å². The second-order valence-corrected chi connectivity index (χ2v) is 10.7. The Morgan fingerprint density at radius 3 is 2.59 bits per heavy atom. The van der Waals surface area contributed by atoms with Gasteiger partial charge in [0.1, 0.15) is 11.9 Å². The molecule has 1 heterocycles. The van der Waals surface area contributed by atoms with Crippen molar-refractivity contribution in [2.24, 2.45) is 5.41 Å². The monoisotopic (exact) mass is 398 g/mol. The highest BCUT2D eigenvalue weighted by molar-refractivity contribution is 7.91.